The molecule has 13 nitrogen and oxygen atoms in total. The number of anilines is 1. The van der Waals surface area contributed by atoms with Crippen molar-refractivity contribution in [2.45, 2.75) is 69.0 Å². The van der Waals surface area contributed by atoms with Gasteiger partial charge in [0.15, 0.2) is 0 Å². The zero-order chi connectivity index (χ0) is 28.5. The molecule has 3 amide bonds. The third-order valence-electron chi connectivity index (χ3n) is 6.83. The number of β-amino-alcohol motifs (C(OH)–C–C–N with tert-alkyl or cyclic N) is 1. The summed E-state index contributed by atoms with van der Waals surface area (Å²) in [4.78, 5) is 40.7. The number of hydrogen-bond acceptors (Lipinski definition) is 8. The second-order valence-electron chi connectivity index (χ2n) is 11.1. The van der Waals surface area contributed by atoms with Gasteiger partial charge >= 0.3 is 0 Å². The Kier molecular flexibility index (Phi) is 8.09. The number of carbonyl (C=O) groups is 3. The summed E-state index contributed by atoms with van der Waals surface area (Å²) in [5.41, 5.74) is 0.521. The van der Waals surface area contributed by atoms with Crippen molar-refractivity contribution in [3.8, 4) is 0 Å². The topological polar surface area (TPSA) is 176 Å². The lowest BCUT2D eigenvalue weighted by Crippen LogP contribution is -2.51. The molecule has 2 aromatic rings. The minimum Gasteiger partial charge on any atom is -0.391 e. The summed E-state index contributed by atoms with van der Waals surface area (Å²) in [7, 11) is -2.41. The van der Waals surface area contributed by atoms with Crippen molar-refractivity contribution >= 4 is 33.4 Å². The number of aliphatic hydroxyl groups is 1. The van der Waals surface area contributed by atoms with Gasteiger partial charge in [0.25, 0.3) is 0 Å². The van der Waals surface area contributed by atoms with Crippen LogP contribution in [0.15, 0.2) is 35.4 Å². The van der Waals surface area contributed by atoms with Gasteiger partial charge in [-0.25, -0.2) is 17.8 Å². The number of rotatable bonds is 9. The first kappa shape index (κ1) is 28.6. The zero-order valence-corrected chi connectivity index (χ0v) is 23.2. The summed E-state index contributed by atoms with van der Waals surface area (Å²) in [5.74, 6) is -1.16. The smallest absolute Gasteiger partial charge is 0.248 e. The van der Waals surface area contributed by atoms with Crippen molar-refractivity contribution in [1.29, 1.82) is 0 Å². The predicted molar refractivity (Wildman–Crippen MR) is 141 cm³/mol. The average Bonchev–Trinajstić information content (AvgIpc) is 3.48. The van der Waals surface area contributed by atoms with Crippen molar-refractivity contribution in [3.05, 3.63) is 36.2 Å². The number of hydrogen-bond donors (Lipinski definition) is 4. The Labute approximate surface area is 227 Å². The molecular formula is C25H35N7O6S. The van der Waals surface area contributed by atoms with Gasteiger partial charge in [-0.1, -0.05) is 32.1 Å². The van der Waals surface area contributed by atoms with Crippen molar-refractivity contribution in [2.75, 3.05) is 25.5 Å². The van der Waals surface area contributed by atoms with E-state index in [9.17, 15) is 27.9 Å². The Bertz CT molecular complexity index is 1350. The van der Waals surface area contributed by atoms with Gasteiger partial charge in [0.2, 0.25) is 27.7 Å². The molecule has 2 heterocycles. The van der Waals surface area contributed by atoms with E-state index in [4.69, 9.17) is 0 Å². The summed E-state index contributed by atoms with van der Waals surface area (Å²) in [5, 5.41) is 23.9. The molecule has 1 aromatic carbocycles. The van der Waals surface area contributed by atoms with Crippen LogP contribution in [0.25, 0.3) is 0 Å². The standard InChI is InChI=1S/C25H35N7O6S/c1-25(2,3)22(32-14-19(29-30-32)15-8-9-15)24(36)31-13-17(33)11-20(31)23(35)27-12-21(34)28-16-6-5-7-18(10-16)39(37,38)26-4/h5-7,10,14-15,17,20,22,26,33H,8-9,11-13H2,1-4H3,(H,27,35)(H,28,34)/t17?,20?,22-/m1/s1. The highest BCUT2D eigenvalue weighted by Gasteiger charge is 2.45. The first-order valence-corrected chi connectivity index (χ1v) is 14.3. The number of likely N-dealkylation sites (tertiary alicyclic amines) is 1. The summed E-state index contributed by atoms with van der Waals surface area (Å²) >= 11 is 0. The van der Waals surface area contributed by atoms with E-state index in [1.165, 1.54) is 36.2 Å². The van der Waals surface area contributed by atoms with Crippen LogP contribution in [0.4, 0.5) is 5.69 Å². The Hall–Kier alpha value is -3.36. The van der Waals surface area contributed by atoms with Crippen molar-refractivity contribution in [3.63, 3.8) is 0 Å². The largest absolute Gasteiger partial charge is 0.391 e. The van der Waals surface area contributed by atoms with Gasteiger partial charge in [0.05, 0.1) is 23.2 Å². The number of carbonyl (C=O) groups excluding carboxylic acids is 3. The maximum absolute atomic E-state index is 13.8. The van der Waals surface area contributed by atoms with Crippen molar-refractivity contribution in [2.24, 2.45) is 5.41 Å². The molecule has 0 radical (unpaired) electrons. The highest BCUT2D eigenvalue weighted by atomic mass is 32.2. The van der Waals surface area contributed by atoms with Crippen LogP contribution in [-0.2, 0) is 24.4 Å². The molecule has 212 valence electrons. The Morgan fingerprint density at radius 2 is 1.92 bits per heavy atom. The third kappa shape index (κ3) is 6.62. The quantitative estimate of drug-likeness (QED) is 0.339. The Morgan fingerprint density at radius 1 is 1.21 bits per heavy atom. The fourth-order valence-corrected chi connectivity index (χ4v) is 5.45. The Morgan fingerprint density at radius 3 is 2.56 bits per heavy atom. The van der Waals surface area contributed by atoms with E-state index < -0.39 is 52.0 Å². The molecule has 1 aliphatic heterocycles. The van der Waals surface area contributed by atoms with Crippen LogP contribution in [0.2, 0.25) is 0 Å². The van der Waals surface area contributed by atoms with Gasteiger partial charge in [-0.3, -0.25) is 14.4 Å². The molecule has 1 aromatic heterocycles. The molecular weight excluding hydrogens is 526 g/mol. The number of nitrogens with one attached hydrogen (secondary N) is 3. The number of benzene rings is 1. The van der Waals surface area contributed by atoms with Gasteiger partial charge in [-0.15, -0.1) is 5.10 Å². The fourth-order valence-electron chi connectivity index (χ4n) is 4.68. The monoisotopic (exact) mass is 561 g/mol. The normalized spacial score (nSPS) is 20.5. The molecule has 0 spiro atoms. The van der Waals surface area contributed by atoms with E-state index in [0.717, 1.165) is 18.5 Å². The van der Waals surface area contributed by atoms with Gasteiger partial charge < -0.3 is 20.6 Å². The number of aliphatic hydroxyl groups excluding tert-OH is 1. The number of aromatic nitrogens is 3. The van der Waals surface area contributed by atoms with Gasteiger partial charge in [-0.2, -0.15) is 0 Å². The zero-order valence-electron chi connectivity index (χ0n) is 22.4. The first-order chi connectivity index (χ1) is 18.3. The molecule has 2 aliphatic rings. The van der Waals surface area contributed by atoms with E-state index in [2.05, 4.69) is 25.7 Å². The second-order valence-corrected chi connectivity index (χ2v) is 13.0. The highest BCUT2D eigenvalue weighted by Crippen LogP contribution is 2.40. The van der Waals surface area contributed by atoms with Crippen LogP contribution in [0.5, 0.6) is 0 Å². The van der Waals surface area contributed by atoms with Gasteiger partial charge in [0.1, 0.15) is 12.1 Å². The average molecular weight is 562 g/mol. The minimum absolute atomic E-state index is 0.0212. The van der Waals surface area contributed by atoms with Crippen molar-refractivity contribution in [1.82, 2.24) is 29.9 Å². The Balaban J connectivity index is 1.42. The third-order valence-corrected chi connectivity index (χ3v) is 8.24. The van der Waals surface area contributed by atoms with E-state index in [1.54, 1.807) is 10.9 Å². The maximum atomic E-state index is 13.8. The second kappa shape index (κ2) is 11.0. The molecule has 1 saturated heterocycles. The van der Waals surface area contributed by atoms with E-state index in [0.29, 0.717) is 5.92 Å². The van der Waals surface area contributed by atoms with Crippen LogP contribution < -0.4 is 15.4 Å². The lowest BCUT2D eigenvalue weighted by Gasteiger charge is -2.34. The minimum atomic E-state index is -3.69. The lowest BCUT2D eigenvalue weighted by molar-refractivity contribution is -0.144. The molecule has 3 atom stereocenters. The van der Waals surface area contributed by atoms with Crippen LogP contribution in [0.3, 0.4) is 0 Å². The summed E-state index contributed by atoms with van der Waals surface area (Å²) in [6.07, 6.45) is 3.01. The van der Waals surface area contributed by atoms with Gasteiger partial charge in [-0.05, 0) is 43.5 Å². The number of sulfonamides is 1. The van der Waals surface area contributed by atoms with E-state index in [-0.39, 0.29) is 29.5 Å². The highest BCUT2D eigenvalue weighted by molar-refractivity contribution is 7.89. The molecule has 1 aliphatic carbocycles. The molecule has 0 bridgehead atoms. The number of nitrogens with zero attached hydrogens (tertiary/aromatic N) is 4. The molecule has 4 N–H and O–H groups in total. The van der Waals surface area contributed by atoms with E-state index >= 15 is 0 Å². The van der Waals surface area contributed by atoms with Crippen LogP contribution in [-0.4, -0.2) is 83.4 Å². The van der Waals surface area contributed by atoms with Crippen LogP contribution in [0.1, 0.15) is 57.7 Å². The summed E-state index contributed by atoms with van der Waals surface area (Å²) < 4.78 is 27.8. The number of amides is 3. The fraction of sp³-hybridized carbons (Fsp3) is 0.560. The molecule has 2 unspecified atom stereocenters. The molecule has 39 heavy (non-hydrogen) atoms. The summed E-state index contributed by atoms with van der Waals surface area (Å²) in [6.45, 7) is 5.27. The molecule has 2 fully saturated rings. The van der Waals surface area contributed by atoms with E-state index in [1.807, 2.05) is 20.8 Å². The molecule has 14 heteroatoms. The molecule has 4 rings (SSSR count). The lowest BCUT2D eigenvalue weighted by atomic mass is 9.85. The SMILES string of the molecule is CNS(=O)(=O)c1cccc(NC(=O)CNC(=O)C2CC(O)CN2C(=O)[C@@H](n2cc(C3CC3)nn2)C(C)(C)C)c1. The first-order valence-electron chi connectivity index (χ1n) is 12.8. The van der Waals surface area contributed by atoms with Crippen LogP contribution in [0, 0.1) is 5.41 Å². The van der Waals surface area contributed by atoms with Gasteiger partial charge in [0, 0.05) is 30.8 Å². The maximum Gasteiger partial charge on any atom is 0.248 e. The summed E-state index contributed by atoms with van der Waals surface area (Å²) in [6, 6.07) is 3.97. The van der Waals surface area contributed by atoms with Crippen LogP contribution >= 0.6 is 0 Å². The molecule has 1 saturated carbocycles. The van der Waals surface area contributed by atoms with Crippen molar-refractivity contribution < 1.29 is 27.9 Å². The predicted octanol–water partition coefficient (Wildman–Crippen LogP) is 0.368.